The van der Waals surface area contributed by atoms with Crippen LogP contribution in [0.1, 0.15) is 30.4 Å². The van der Waals surface area contributed by atoms with Crippen LogP contribution in [0.2, 0.25) is 0 Å². The highest BCUT2D eigenvalue weighted by Crippen LogP contribution is 2.27. The third-order valence-corrected chi connectivity index (χ3v) is 6.55. The van der Waals surface area contributed by atoms with Crippen molar-refractivity contribution in [2.24, 2.45) is 5.92 Å². The lowest BCUT2D eigenvalue weighted by Gasteiger charge is -2.36. The van der Waals surface area contributed by atoms with E-state index in [1.807, 2.05) is 24.9 Å². The highest BCUT2D eigenvalue weighted by Gasteiger charge is 2.33. The van der Waals surface area contributed by atoms with Crippen LogP contribution in [0.15, 0.2) is 42.6 Å². The van der Waals surface area contributed by atoms with Gasteiger partial charge in [0.05, 0.1) is 6.20 Å². The maximum absolute atomic E-state index is 13.3. The molecule has 30 heavy (non-hydrogen) atoms. The molecule has 0 N–H and O–H groups in total. The lowest BCUT2D eigenvalue weighted by atomic mass is 9.94. The molecule has 1 atom stereocenters. The zero-order valence-electron chi connectivity index (χ0n) is 17.9. The van der Waals surface area contributed by atoms with Crippen LogP contribution < -0.4 is 4.90 Å². The highest BCUT2D eigenvalue weighted by atomic mass is 19.1. The number of amides is 1. The number of likely N-dealkylation sites (N-methyl/N-ethyl adjacent to an activating group) is 1. The highest BCUT2D eigenvalue weighted by molar-refractivity contribution is 5.79. The van der Waals surface area contributed by atoms with Gasteiger partial charge in [-0.3, -0.25) is 9.69 Å². The quantitative estimate of drug-likeness (QED) is 0.757. The van der Waals surface area contributed by atoms with Crippen LogP contribution in [-0.2, 0) is 11.3 Å². The first-order valence-corrected chi connectivity index (χ1v) is 10.9. The van der Waals surface area contributed by atoms with E-state index in [1.165, 1.54) is 17.8 Å². The molecule has 3 heterocycles. The summed E-state index contributed by atoms with van der Waals surface area (Å²) in [6, 6.07) is 12.3. The number of rotatable bonds is 5. The molecule has 2 aromatic rings. The van der Waals surface area contributed by atoms with E-state index >= 15 is 0 Å². The van der Waals surface area contributed by atoms with Crippen molar-refractivity contribution >= 4 is 11.7 Å². The summed E-state index contributed by atoms with van der Waals surface area (Å²) in [5, 5.41) is 0. The molecule has 0 spiro atoms. The van der Waals surface area contributed by atoms with Gasteiger partial charge in [-0.05, 0) is 43.4 Å². The number of carbonyl (C=O) groups is 1. The Morgan fingerprint density at radius 2 is 1.90 bits per heavy atom. The number of pyridine rings is 1. The molecule has 4 rings (SSSR count). The summed E-state index contributed by atoms with van der Waals surface area (Å²) in [5.41, 5.74) is 2.17. The monoisotopic (exact) mass is 410 g/mol. The van der Waals surface area contributed by atoms with Crippen molar-refractivity contribution < 1.29 is 9.18 Å². The number of aryl methyl sites for hydroxylation is 1. The molecule has 2 aliphatic heterocycles. The summed E-state index contributed by atoms with van der Waals surface area (Å²) >= 11 is 0. The summed E-state index contributed by atoms with van der Waals surface area (Å²) in [5.74, 6) is 0.865. The molecule has 1 aromatic carbocycles. The molecule has 2 saturated heterocycles. The van der Waals surface area contributed by atoms with E-state index in [9.17, 15) is 9.18 Å². The van der Waals surface area contributed by atoms with Crippen LogP contribution in [-0.4, -0.2) is 60.0 Å². The summed E-state index contributed by atoms with van der Waals surface area (Å²) in [6.07, 6.45) is 3.95. The van der Waals surface area contributed by atoms with Gasteiger partial charge in [0.15, 0.2) is 0 Å². The minimum Gasteiger partial charge on any atom is -0.356 e. The third-order valence-electron chi connectivity index (χ3n) is 6.55. The third kappa shape index (κ3) is 4.64. The van der Waals surface area contributed by atoms with Gasteiger partial charge in [-0.15, -0.1) is 0 Å². The van der Waals surface area contributed by atoms with Crippen molar-refractivity contribution in [2.45, 2.75) is 38.8 Å². The van der Waals surface area contributed by atoms with Gasteiger partial charge < -0.3 is 9.80 Å². The second-order valence-electron chi connectivity index (χ2n) is 8.67. The molecule has 1 amide bonds. The molecule has 0 unspecified atom stereocenters. The van der Waals surface area contributed by atoms with Crippen LogP contribution in [0.3, 0.4) is 0 Å². The number of carbonyl (C=O) groups excluding carboxylic acids is 1. The first kappa shape index (κ1) is 20.8. The molecule has 0 bridgehead atoms. The number of likely N-dealkylation sites (tertiary alicyclic amines) is 1. The van der Waals surface area contributed by atoms with Gasteiger partial charge in [0.2, 0.25) is 5.91 Å². The van der Waals surface area contributed by atoms with Crippen LogP contribution >= 0.6 is 0 Å². The van der Waals surface area contributed by atoms with Gasteiger partial charge in [0.25, 0.3) is 0 Å². The average molecular weight is 411 g/mol. The number of hydrogen-bond acceptors (Lipinski definition) is 4. The summed E-state index contributed by atoms with van der Waals surface area (Å²) < 4.78 is 13.3. The molecule has 160 valence electrons. The van der Waals surface area contributed by atoms with Crippen molar-refractivity contribution in [3.05, 3.63) is 59.5 Å². The number of anilines is 1. The first-order chi connectivity index (χ1) is 14.5. The Morgan fingerprint density at radius 1 is 1.17 bits per heavy atom. The van der Waals surface area contributed by atoms with Gasteiger partial charge in [-0.2, -0.15) is 0 Å². The van der Waals surface area contributed by atoms with E-state index in [2.05, 4.69) is 39.0 Å². The van der Waals surface area contributed by atoms with Crippen molar-refractivity contribution in [3.8, 4) is 0 Å². The Hall–Kier alpha value is -2.47. The fraction of sp³-hybridized carbons (Fsp3) is 0.500. The van der Waals surface area contributed by atoms with E-state index in [4.69, 9.17) is 0 Å². The van der Waals surface area contributed by atoms with Crippen LogP contribution in [0.25, 0.3) is 0 Å². The molecule has 5 nitrogen and oxygen atoms in total. The molecule has 0 aliphatic carbocycles. The molecule has 0 radical (unpaired) electrons. The molecule has 2 aliphatic rings. The normalized spacial score (nSPS) is 20.5. The van der Waals surface area contributed by atoms with Crippen LogP contribution in [0.4, 0.5) is 10.2 Å². The van der Waals surface area contributed by atoms with E-state index < -0.39 is 0 Å². The Kier molecular flexibility index (Phi) is 6.32. The Bertz CT molecular complexity index is 867. The van der Waals surface area contributed by atoms with Crippen LogP contribution in [0, 0.1) is 18.7 Å². The minimum atomic E-state index is -0.305. The maximum atomic E-state index is 13.3. The number of nitrogens with zero attached hydrogens (tertiary/aromatic N) is 4. The molecule has 2 fully saturated rings. The molecular weight excluding hydrogens is 379 g/mol. The van der Waals surface area contributed by atoms with Gasteiger partial charge >= 0.3 is 0 Å². The van der Waals surface area contributed by atoms with Gasteiger partial charge in [-0.25, -0.2) is 9.37 Å². The second kappa shape index (κ2) is 9.13. The van der Waals surface area contributed by atoms with Gasteiger partial charge in [0, 0.05) is 51.7 Å². The summed E-state index contributed by atoms with van der Waals surface area (Å²) in [4.78, 5) is 24.0. The largest absolute Gasteiger partial charge is 0.356 e. The SMILES string of the molecule is Cc1cc(F)cnc1N1CCC(C(=O)N(C)[C@@H]2CCN(Cc3ccccc3)C2)CC1. The maximum Gasteiger partial charge on any atom is 0.225 e. The fourth-order valence-corrected chi connectivity index (χ4v) is 4.78. The van der Waals surface area contributed by atoms with Crippen molar-refractivity contribution in [2.75, 3.05) is 38.1 Å². The molecule has 0 saturated carbocycles. The van der Waals surface area contributed by atoms with E-state index in [0.717, 1.165) is 63.4 Å². The predicted molar refractivity (Wildman–Crippen MR) is 117 cm³/mol. The lowest BCUT2D eigenvalue weighted by Crippen LogP contribution is -2.46. The number of benzene rings is 1. The topological polar surface area (TPSA) is 39.7 Å². The molecule has 6 heteroatoms. The Labute approximate surface area is 178 Å². The summed E-state index contributed by atoms with van der Waals surface area (Å²) in [7, 11) is 1.97. The van der Waals surface area contributed by atoms with Crippen molar-refractivity contribution in [3.63, 3.8) is 0 Å². The van der Waals surface area contributed by atoms with E-state index in [1.54, 1.807) is 0 Å². The Morgan fingerprint density at radius 3 is 2.60 bits per heavy atom. The van der Waals surface area contributed by atoms with E-state index in [0.29, 0.717) is 6.04 Å². The first-order valence-electron chi connectivity index (χ1n) is 10.9. The molecule has 1 aromatic heterocycles. The molecular formula is C24H31FN4O. The zero-order chi connectivity index (χ0) is 21.1. The zero-order valence-corrected chi connectivity index (χ0v) is 17.9. The number of aromatic nitrogens is 1. The fourth-order valence-electron chi connectivity index (χ4n) is 4.78. The van der Waals surface area contributed by atoms with Gasteiger partial charge in [0.1, 0.15) is 11.6 Å². The number of piperidine rings is 1. The minimum absolute atomic E-state index is 0.0650. The smallest absolute Gasteiger partial charge is 0.225 e. The van der Waals surface area contributed by atoms with Crippen LogP contribution in [0.5, 0.6) is 0 Å². The van der Waals surface area contributed by atoms with Crippen molar-refractivity contribution in [1.82, 2.24) is 14.8 Å². The standard InChI is InChI=1S/C24H31FN4O/c1-18-14-21(25)15-26-23(18)29-12-8-20(9-13-29)24(30)27(2)22-10-11-28(17-22)16-19-6-4-3-5-7-19/h3-7,14-15,20,22H,8-13,16-17H2,1-2H3/t22-/m1/s1. The second-order valence-corrected chi connectivity index (χ2v) is 8.67. The average Bonchev–Trinajstić information content (AvgIpc) is 3.22. The van der Waals surface area contributed by atoms with Crippen molar-refractivity contribution in [1.29, 1.82) is 0 Å². The number of hydrogen-bond donors (Lipinski definition) is 0. The number of halogens is 1. The predicted octanol–water partition coefficient (Wildman–Crippen LogP) is 3.48. The van der Waals surface area contributed by atoms with Gasteiger partial charge in [-0.1, -0.05) is 30.3 Å². The van der Waals surface area contributed by atoms with E-state index in [-0.39, 0.29) is 17.6 Å². The summed E-state index contributed by atoms with van der Waals surface area (Å²) in [6.45, 7) is 6.38. The lowest BCUT2D eigenvalue weighted by molar-refractivity contribution is -0.136. The Balaban J connectivity index is 1.29.